The minimum Gasteiger partial charge on any atom is -0.493 e. The average molecular weight is 227 g/mol. The van der Waals surface area contributed by atoms with Crippen molar-refractivity contribution in [3.8, 4) is 5.75 Å². The Morgan fingerprint density at radius 2 is 1.94 bits per heavy atom. The van der Waals surface area contributed by atoms with Crippen molar-refractivity contribution >= 4 is 0 Å². The van der Waals surface area contributed by atoms with Crippen LogP contribution in [0.2, 0.25) is 0 Å². The molecule has 0 heterocycles. The molecule has 1 rings (SSSR count). The molecule has 0 saturated heterocycles. The van der Waals surface area contributed by atoms with E-state index in [0.717, 1.165) is 5.56 Å². The molecule has 1 aromatic rings. The van der Waals surface area contributed by atoms with Crippen LogP contribution in [0.1, 0.15) is 18.1 Å². The molecule has 0 aliphatic heterocycles. The van der Waals surface area contributed by atoms with Gasteiger partial charge in [0.25, 0.3) is 0 Å². The number of hydrogen-bond acceptors (Lipinski definition) is 3. The van der Waals surface area contributed by atoms with Crippen molar-refractivity contribution in [2.45, 2.75) is 26.0 Å². The van der Waals surface area contributed by atoms with Gasteiger partial charge in [-0.25, -0.2) is 4.39 Å². The third-order valence-corrected chi connectivity index (χ3v) is 2.30. The Balaban J connectivity index is 3.08. The van der Waals surface area contributed by atoms with E-state index in [1.54, 1.807) is 6.07 Å². The summed E-state index contributed by atoms with van der Waals surface area (Å²) in [6.07, 6.45) is 0.591. The van der Waals surface area contributed by atoms with E-state index < -0.39 is 0 Å². The number of hydrogen-bond donors (Lipinski definition) is 1. The Morgan fingerprint density at radius 1 is 1.31 bits per heavy atom. The summed E-state index contributed by atoms with van der Waals surface area (Å²) in [5, 5.41) is 0. The van der Waals surface area contributed by atoms with Gasteiger partial charge in [0.05, 0.1) is 13.7 Å². The van der Waals surface area contributed by atoms with Gasteiger partial charge < -0.3 is 15.2 Å². The summed E-state index contributed by atoms with van der Waals surface area (Å²) in [5.74, 6) is -0.0886. The standard InChI is InChI=1S/C12H18FNO2/c1-8(14)6-9-4-5-10(7-15-2)11(13)12(9)16-3/h4-5,8H,6-7,14H2,1-3H3. The monoisotopic (exact) mass is 227 g/mol. The van der Waals surface area contributed by atoms with Gasteiger partial charge in [-0.2, -0.15) is 0 Å². The van der Waals surface area contributed by atoms with Gasteiger partial charge in [-0.05, 0) is 18.9 Å². The minimum absolute atomic E-state index is 0.0263. The molecule has 16 heavy (non-hydrogen) atoms. The van der Waals surface area contributed by atoms with Crippen molar-refractivity contribution in [1.82, 2.24) is 0 Å². The fourth-order valence-electron chi connectivity index (χ4n) is 1.63. The summed E-state index contributed by atoms with van der Waals surface area (Å²) in [5.41, 5.74) is 6.97. The molecule has 90 valence electrons. The predicted molar refractivity (Wildman–Crippen MR) is 61.0 cm³/mol. The highest BCUT2D eigenvalue weighted by atomic mass is 19.1. The predicted octanol–water partition coefficient (Wildman–Crippen LogP) is 1.87. The van der Waals surface area contributed by atoms with Crippen molar-refractivity contribution in [2.75, 3.05) is 14.2 Å². The van der Waals surface area contributed by atoms with E-state index in [1.807, 2.05) is 13.0 Å². The molecule has 0 amide bonds. The lowest BCUT2D eigenvalue weighted by atomic mass is 10.0. The number of nitrogens with two attached hydrogens (primary N) is 1. The first-order valence-corrected chi connectivity index (χ1v) is 5.19. The second-order valence-corrected chi connectivity index (χ2v) is 3.85. The Hall–Kier alpha value is -1.13. The van der Waals surface area contributed by atoms with Crippen LogP contribution in [0.4, 0.5) is 4.39 Å². The van der Waals surface area contributed by atoms with E-state index in [4.69, 9.17) is 15.2 Å². The Morgan fingerprint density at radius 3 is 2.44 bits per heavy atom. The van der Waals surface area contributed by atoms with E-state index >= 15 is 0 Å². The zero-order valence-electron chi connectivity index (χ0n) is 9.92. The van der Waals surface area contributed by atoms with Crippen molar-refractivity contribution in [1.29, 1.82) is 0 Å². The van der Waals surface area contributed by atoms with Crippen LogP contribution in [0.3, 0.4) is 0 Å². The lowest BCUT2D eigenvalue weighted by Crippen LogP contribution is -2.18. The number of rotatable bonds is 5. The maximum Gasteiger partial charge on any atom is 0.170 e. The maximum atomic E-state index is 13.9. The van der Waals surface area contributed by atoms with Crippen molar-refractivity contribution < 1.29 is 13.9 Å². The van der Waals surface area contributed by atoms with Crippen LogP contribution in [0.15, 0.2) is 12.1 Å². The lowest BCUT2D eigenvalue weighted by Gasteiger charge is -2.13. The SMILES string of the molecule is COCc1ccc(CC(C)N)c(OC)c1F. The molecule has 2 N–H and O–H groups in total. The quantitative estimate of drug-likeness (QED) is 0.835. The van der Waals surface area contributed by atoms with Gasteiger partial charge >= 0.3 is 0 Å². The first-order valence-electron chi connectivity index (χ1n) is 5.19. The number of benzene rings is 1. The van der Waals surface area contributed by atoms with E-state index in [9.17, 15) is 4.39 Å². The molecular weight excluding hydrogens is 209 g/mol. The number of halogens is 1. The van der Waals surface area contributed by atoms with Crippen molar-refractivity contribution in [3.63, 3.8) is 0 Å². The van der Waals surface area contributed by atoms with Gasteiger partial charge in [0, 0.05) is 18.7 Å². The summed E-state index contributed by atoms with van der Waals surface area (Å²) >= 11 is 0. The topological polar surface area (TPSA) is 44.5 Å². The third kappa shape index (κ3) is 2.93. The van der Waals surface area contributed by atoms with Gasteiger partial charge in [-0.15, -0.1) is 0 Å². The smallest absolute Gasteiger partial charge is 0.170 e. The van der Waals surface area contributed by atoms with Crippen LogP contribution in [0.25, 0.3) is 0 Å². The van der Waals surface area contributed by atoms with Crippen molar-refractivity contribution in [2.24, 2.45) is 5.73 Å². The highest BCUT2D eigenvalue weighted by Gasteiger charge is 2.14. The summed E-state index contributed by atoms with van der Waals surface area (Å²) < 4.78 is 23.9. The lowest BCUT2D eigenvalue weighted by molar-refractivity contribution is 0.180. The molecule has 1 unspecified atom stereocenters. The zero-order valence-corrected chi connectivity index (χ0v) is 9.92. The molecule has 0 saturated carbocycles. The molecule has 0 spiro atoms. The normalized spacial score (nSPS) is 12.6. The summed E-state index contributed by atoms with van der Waals surface area (Å²) in [6.45, 7) is 2.11. The molecular formula is C12H18FNO2. The zero-order chi connectivity index (χ0) is 12.1. The number of methoxy groups -OCH3 is 2. The molecule has 1 atom stereocenters. The van der Waals surface area contributed by atoms with Crippen LogP contribution in [0, 0.1) is 5.82 Å². The summed E-state index contributed by atoms with van der Waals surface area (Å²) in [7, 11) is 2.99. The molecule has 0 radical (unpaired) electrons. The Kier molecular flexibility index (Phi) is 4.71. The minimum atomic E-state index is -0.359. The second-order valence-electron chi connectivity index (χ2n) is 3.85. The average Bonchev–Trinajstić information content (AvgIpc) is 2.22. The fraction of sp³-hybridized carbons (Fsp3) is 0.500. The molecule has 0 aromatic heterocycles. The van der Waals surface area contributed by atoms with Gasteiger partial charge in [0.15, 0.2) is 11.6 Å². The first kappa shape index (κ1) is 12.9. The molecule has 0 bridgehead atoms. The molecule has 3 nitrogen and oxygen atoms in total. The van der Waals surface area contributed by atoms with Crippen LogP contribution >= 0.6 is 0 Å². The van der Waals surface area contributed by atoms with E-state index in [2.05, 4.69) is 0 Å². The molecule has 0 aliphatic rings. The van der Waals surface area contributed by atoms with E-state index in [0.29, 0.717) is 12.0 Å². The van der Waals surface area contributed by atoms with Crippen LogP contribution in [-0.4, -0.2) is 20.3 Å². The van der Waals surface area contributed by atoms with Gasteiger partial charge in [0.2, 0.25) is 0 Å². The molecule has 4 heteroatoms. The fourth-order valence-corrected chi connectivity index (χ4v) is 1.63. The Bertz CT molecular complexity index is 353. The van der Waals surface area contributed by atoms with Gasteiger partial charge in [-0.3, -0.25) is 0 Å². The number of ether oxygens (including phenoxy) is 2. The third-order valence-electron chi connectivity index (χ3n) is 2.30. The summed E-state index contributed by atoms with van der Waals surface area (Å²) in [4.78, 5) is 0. The first-order chi connectivity index (χ1) is 7.60. The van der Waals surface area contributed by atoms with Gasteiger partial charge in [-0.1, -0.05) is 12.1 Å². The summed E-state index contributed by atoms with van der Waals surface area (Å²) in [6, 6.07) is 3.51. The van der Waals surface area contributed by atoms with Crippen LogP contribution < -0.4 is 10.5 Å². The molecule has 0 fully saturated rings. The largest absolute Gasteiger partial charge is 0.493 e. The maximum absolute atomic E-state index is 13.9. The van der Waals surface area contributed by atoms with E-state index in [1.165, 1.54) is 14.2 Å². The second kappa shape index (κ2) is 5.82. The van der Waals surface area contributed by atoms with Gasteiger partial charge in [0.1, 0.15) is 0 Å². The van der Waals surface area contributed by atoms with Crippen LogP contribution in [0.5, 0.6) is 5.75 Å². The highest BCUT2D eigenvalue weighted by Crippen LogP contribution is 2.26. The molecule has 0 aliphatic carbocycles. The highest BCUT2D eigenvalue weighted by molar-refractivity contribution is 5.39. The van der Waals surface area contributed by atoms with Crippen molar-refractivity contribution in [3.05, 3.63) is 29.1 Å². The molecule has 1 aromatic carbocycles. The van der Waals surface area contributed by atoms with Crippen LogP contribution in [-0.2, 0) is 17.8 Å². The van der Waals surface area contributed by atoms with E-state index in [-0.39, 0.29) is 24.2 Å². The Labute approximate surface area is 95.4 Å².